The Morgan fingerprint density at radius 2 is 2.09 bits per heavy atom. The van der Waals surface area contributed by atoms with Crippen molar-refractivity contribution >= 4 is 16.7 Å². The molecular formula is C18H17N3O2. The summed E-state index contributed by atoms with van der Waals surface area (Å²) >= 11 is 0. The minimum absolute atomic E-state index is 0.0171. The quantitative estimate of drug-likeness (QED) is 0.680. The highest BCUT2D eigenvalue weighted by molar-refractivity contribution is 5.88. The molecule has 0 spiro atoms. The normalized spacial score (nSPS) is 19.7. The highest BCUT2D eigenvalue weighted by atomic mass is 16.5. The predicted octanol–water partition coefficient (Wildman–Crippen LogP) is 2.78. The van der Waals surface area contributed by atoms with Gasteiger partial charge in [-0.1, -0.05) is 42.5 Å². The van der Waals surface area contributed by atoms with Crippen molar-refractivity contribution in [3.05, 3.63) is 60.7 Å². The first kappa shape index (κ1) is 13.9. The number of esters is 1. The fourth-order valence-electron chi connectivity index (χ4n) is 3.07. The molecule has 116 valence electrons. The zero-order valence-corrected chi connectivity index (χ0v) is 12.6. The van der Waals surface area contributed by atoms with Crippen LogP contribution >= 0.6 is 0 Å². The maximum Gasteiger partial charge on any atom is 0.309 e. The first-order valence-electron chi connectivity index (χ1n) is 7.79. The highest BCUT2D eigenvalue weighted by Crippen LogP contribution is 2.50. The van der Waals surface area contributed by atoms with Gasteiger partial charge in [-0.2, -0.15) is 5.10 Å². The van der Waals surface area contributed by atoms with Crippen LogP contribution in [-0.4, -0.2) is 27.3 Å². The third kappa shape index (κ3) is 2.82. The Hall–Kier alpha value is -2.69. The highest BCUT2D eigenvalue weighted by Gasteiger charge is 2.45. The third-order valence-electron chi connectivity index (χ3n) is 4.35. The molecule has 2 atom stereocenters. The van der Waals surface area contributed by atoms with E-state index >= 15 is 0 Å². The summed E-state index contributed by atoms with van der Waals surface area (Å²) in [6.07, 6.45) is 3.96. The molecule has 23 heavy (non-hydrogen) atoms. The second-order valence-corrected chi connectivity index (χ2v) is 5.84. The van der Waals surface area contributed by atoms with Crippen molar-refractivity contribution < 1.29 is 9.53 Å². The van der Waals surface area contributed by atoms with Gasteiger partial charge >= 0.3 is 5.97 Å². The van der Waals surface area contributed by atoms with E-state index in [1.54, 1.807) is 11.0 Å². The number of hydrogen-bond acceptors (Lipinski definition) is 4. The van der Waals surface area contributed by atoms with Crippen LogP contribution in [0.15, 0.2) is 55.1 Å². The topological polar surface area (TPSA) is 57.0 Å². The summed E-state index contributed by atoms with van der Waals surface area (Å²) in [6.45, 7) is 0.873. The van der Waals surface area contributed by atoms with Gasteiger partial charge in [0.2, 0.25) is 0 Å². The molecule has 0 radical (unpaired) electrons. The zero-order valence-electron chi connectivity index (χ0n) is 12.6. The van der Waals surface area contributed by atoms with E-state index in [9.17, 15) is 4.79 Å². The fraction of sp³-hybridized carbons (Fsp3) is 0.278. The van der Waals surface area contributed by atoms with E-state index in [0.29, 0.717) is 13.2 Å². The number of ether oxygens (including phenoxy) is 1. The van der Waals surface area contributed by atoms with Crippen LogP contribution in [0.25, 0.3) is 10.8 Å². The van der Waals surface area contributed by atoms with Gasteiger partial charge in [-0.3, -0.25) is 4.79 Å². The molecule has 1 aromatic heterocycles. The van der Waals surface area contributed by atoms with Gasteiger partial charge in [-0.15, -0.1) is 0 Å². The van der Waals surface area contributed by atoms with Gasteiger partial charge in [-0.05, 0) is 28.7 Å². The molecule has 5 nitrogen and oxygen atoms in total. The van der Waals surface area contributed by atoms with Crippen molar-refractivity contribution in [3.63, 3.8) is 0 Å². The second-order valence-electron chi connectivity index (χ2n) is 5.84. The number of benzene rings is 2. The first-order chi connectivity index (χ1) is 11.3. The lowest BCUT2D eigenvalue weighted by molar-refractivity contribution is -0.145. The predicted molar refractivity (Wildman–Crippen MR) is 85.8 cm³/mol. The van der Waals surface area contributed by atoms with Crippen LogP contribution < -0.4 is 0 Å². The molecule has 5 heteroatoms. The van der Waals surface area contributed by atoms with Gasteiger partial charge in [0.25, 0.3) is 0 Å². The number of nitrogens with zero attached hydrogens (tertiary/aromatic N) is 3. The molecule has 2 aromatic carbocycles. The van der Waals surface area contributed by atoms with E-state index in [0.717, 1.165) is 6.42 Å². The average molecular weight is 307 g/mol. The first-order valence-corrected chi connectivity index (χ1v) is 7.79. The van der Waals surface area contributed by atoms with Crippen molar-refractivity contribution in [3.8, 4) is 0 Å². The second kappa shape index (κ2) is 5.83. The van der Waals surface area contributed by atoms with E-state index in [-0.39, 0.29) is 17.8 Å². The summed E-state index contributed by atoms with van der Waals surface area (Å²) in [7, 11) is 0. The van der Waals surface area contributed by atoms with E-state index in [4.69, 9.17) is 4.74 Å². The third-order valence-corrected chi connectivity index (χ3v) is 4.35. The monoisotopic (exact) mass is 307 g/mol. The van der Waals surface area contributed by atoms with Gasteiger partial charge in [0.15, 0.2) is 0 Å². The SMILES string of the molecule is O=C(OCCn1cncn1)[C@@H]1C[C@@H]1c1cccc2ccccc12. The van der Waals surface area contributed by atoms with E-state index < -0.39 is 0 Å². The smallest absolute Gasteiger partial charge is 0.309 e. The molecule has 0 N–H and O–H groups in total. The van der Waals surface area contributed by atoms with Crippen molar-refractivity contribution in [1.82, 2.24) is 14.8 Å². The van der Waals surface area contributed by atoms with Gasteiger partial charge in [0, 0.05) is 0 Å². The van der Waals surface area contributed by atoms with Crippen LogP contribution in [0.5, 0.6) is 0 Å². The lowest BCUT2D eigenvalue weighted by atomic mass is 10.0. The van der Waals surface area contributed by atoms with E-state index in [2.05, 4.69) is 40.4 Å². The maximum atomic E-state index is 12.2. The van der Waals surface area contributed by atoms with Crippen molar-refractivity contribution in [2.45, 2.75) is 18.9 Å². The molecular weight excluding hydrogens is 290 g/mol. The number of hydrogen-bond donors (Lipinski definition) is 0. The minimum Gasteiger partial charge on any atom is -0.463 e. The number of carbonyl (C=O) groups is 1. The maximum absolute atomic E-state index is 12.2. The molecule has 3 aromatic rings. The summed E-state index contributed by atoms with van der Waals surface area (Å²) in [5.74, 6) is 0.152. The van der Waals surface area contributed by atoms with Gasteiger partial charge in [0.05, 0.1) is 12.5 Å². The Morgan fingerprint density at radius 1 is 1.22 bits per heavy atom. The fourth-order valence-corrected chi connectivity index (χ4v) is 3.07. The summed E-state index contributed by atoms with van der Waals surface area (Å²) in [5, 5.41) is 6.44. The lowest BCUT2D eigenvalue weighted by Gasteiger charge is -2.07. The number of rotatable bonds is 5. The molecule has 1 heterocycles. The summed E-state index contributed by atoms with van der Waals surface area (Å²) in [5.41, 5.74) is 1.25. The van der Waals surface area contributed by atoms with Crippen LogP contribution in [0.3, 0.4) is 0 Å². The molecule has 1 aliphatic carbocycles. The molecule has 0 unspecified atom stereocenters. The summed E-state index contributed by atoms with van der Waals surface area (Å²) in [6, 6.07) is 14.6. The number of aromatic nitrogens is 3. The Labute approximate surface area is 133 Å². The molecule has 0 amide bonds. The van der Waals surface area contributed by atoms with Crippen LogP contribution in [0.1, 0.15) is 17.9 Å². The van der Waals surface area contributed by atoms with Crippen molar-refractivity contribution in [1.29, 1.82) is 0 Å². The molecule has 1 saturated carbocycles. The summed E-state index contributed by atoms with van der Waals surface area (Å²) < 4.78 is 7.03. The van der Waals surface area contributed by atoms with Gasteiger partial charge in [-0.25, -0.2) is 9.67 Å². The van der Waals surface area contributed by atoms with Crippen molar-refractivity contribution in [2.24, 2.45) is 5.92 Å². The Bertz CT molecular complexity index is 824. The number of fused-ring (bicyclic) bond motifs is 1. The standard InChI is InChI=1S/C18H17N3O2/c22-18(23-9-8-21-12-19-11-20-21)17-10-16(17)15-7-3-5-13-4-1-2-6-14(13)15/h1-7,11-12,16-17H,8-10H2/t16-,17-/m1/s1. The molecule has 0 aliphatic heterocycles. The van der Waals surface area contributed by atoms with Gasteiger partial charge in [0.1, 0.15) is 19.3 Å². The van der Waals surface area contributed by atoms with Crippen LogP contribution in [-0.2, 0) is 16.1 Å². The Balaban J connectivity index is 1.40. The van der Waals surface area contributed by atoms with Gasteiger partial charge < -0.3 is 4.74 Å². The van der Waals surface area contributed by atoms with Crippen molar-refractivity contribution in [2.75, 3.05) is 6.61 Å². The average Bonchev–Trinajstić information content (AvgIpc) is 3.22. The van der Waals surface area contributed by atoms with Crippen LogP contribution in [0, 0.1) is 5.92 Å². The minimum atomic E-state index is -0.108. The van der Waals surface area contributed by atoms with E-state index in [1.165, 1.54) is 22.7 Å². The Kier molecular flexibility index (Phi) is 3.54. The Morgan fingerprint density at radius 3 is 2.96 bits per heavy atom. The van der Waals surface area contributed by atoms with Crippen LogP contribution in [0.2, 0.25) is 0 Å². The number of carbonyl (C=O) groups excluding carboxylic acids is 1. The zero-order chi connectivity index (χ0) is 15.6. The molecule has 1 aliphatic rings. The molecule has 1 fully saturated rings. The molecule has 4 rings (SSSR count). The summed E-state index contributed by atoms with van der Waals surface area (Å²) in [4.78, 5) is 16.0. The van der Waals surface area contributed by atoms with Crippen LogP contribution in [0.4, 0.5) is 0 Å². The molecule has 0 saturated heterocycles. The lowest BCUT2D eigenvalue weighted by Crippen LogP contribution is -2.13. The largest absolute Gasteiger partial charge is 0.463 e. The van der Waals surface area contributed by atoms with E-state index in [1.807, 2.05) is 12.1 Å². The molecule has 0 bridgehead atoms.